The molecule has 0 saturated carbocycles. The molecule has 0 spiro atoms. The number of anilines is 1. The number of para-hydroxylation sites is 1. The first-order valence-electron chi connectivity index (χ1n) is 8.01. The number of nitrogens with one attached hydrogen (secondary N) is 1. The van der Waals surface area contributed by atoms with Gasteiger partial charge >= 0.3 is 0 Å². The Morgan fingerprint density at radius 2 is 1.80 bits per heavy atom. The molecule has 0 atom stereocenters. The maximum atomic E-state index is 12.2. The van der Waals surface area contributed by atoms with Crippen LogP contribution in [0.25, 0.3) is 0 Å². The van der Waals surface area contributed by atoms with Crippen molar-refractivity contribution < 1.29 is 14.3 Å². The second-order valence-electron chi connectivity index (χ2n) is 5.48. The number of halogens is 1. The van der Waals surface area contributed by atoms with E-state index in [1.807, 2.05) is 55.5 Å². The highest BCUT2D eigenvalue weighted by atomic mass is 127. The summed E-state index contributed by atoms with van der Waals surface area (Å²) in [7, 11) is 0. The summed E-state index contributed by atoms with van der Waals surface area (Å²) < 4.78 is 6.60. The smallest absolute Gasteiger partial charge is 0.262 e. The lowest BCUT2D eigenvalue weighted by atomic mass is 10.1. The minimum absolute atomic E-state index is 0.00525. The molecular weight excluding hydrogens is 431 g/mol. The third-order valence-corrected chi connectivity index (χ3v) is 4.38. The van der Waals surface area contributed by atoms with Crippen molar-refractivity contribution in [1.29, 1.82) is 0 Å². The molecule has 2 aromatic carbocycles. The van der Waals surface area contributed by atoms with Gasteiger partial charge in [-0.25, -0.2) is 0 Å². The van der Waals surface area contributed by atoms with Crippen LogP contribution in [0.2, 0.25) is 0 Å². The van der Waals surface area contributed by atoms with Crippen molar-refractivity contribution >= 4 is 40.1 Å². The van der Waals surface area contributed by atoms with Gasteiger partial charge in [-0.05, 0) is 65.4 Å². The molecule has 0 fully saturated rings. The van der Waals surface area contributed by atoms with E-state index in [0.29, 0.717) is 24.5 Å². The van der Waals surface area contributed by atoms with Crippen LogP contribution in [-0.4, -0.2) is 29.9 Å². The molecule has 132 valence electrons. The molecule has 0 saturated heterocycles. The van der Waals surface area contributed by atoms with Crippen LogP contribution in [0.5, 0.6) is 5.75 Å². The van der Waals surface area contributed by atoms with Crippen LogP contribution in [0.15, 0.2) is 48.5 Å². The third kappa shape index (κ3) is 6.04. The molecule has 0 heterocycles. The second kappa shape index (κ2) is 9.41. The maximum absolute atomic E-state index is 12.2. The molecular formula is C19H21IN2O3. The molecule has 0 aliphatic heterocycles. The molecule has 0 radical (unpaired) electrons. The molecule has 0 aromatic heterocycles. The zero-order chi connectivity index (χ0) is 18.2. The fourth-order valence-corrected chi connectivity index (χ4v) is 2.66. The third-order valence-electron chi connectivity index (χ3n) is 3.66. The summed E-state index contributed by atoms with van der Waals surface area (Å²) in [6, 6.07) is 15.0. The lowest BCUT2D eigenvalue weighted by Crippen LogP contribution is -2.28. The highest BCUT2D eigenvalue weighted by Crippen LogP contribution is 2.18. The number of nitrogens with zero attached hydrogens (tertiary/aromatic N) is 1. The molecule has 6 heteroatoms. The Bertz CT molecular complexity index is 732. The van der Waals surface area contributed by atoms with Gasteiger partial charge in [0.1, 0.15) is 5.75 Å². The van der Waals surface area contributed by atoms with E-state index in [2.05, 4.69) is 27.9 Å². The fraction of sp³-hybridized carbons (Fsp3) is 0.263. The number of carbonyl (C=O) groups is 2. The van der Waals surface area contributed by atoms with Crippen LogP contribution in [0.4, 0.5) is 5.69 Å². The van der Waals surface area contributed by atoms with E-state index in [9.17, 15) is 9.59 Å². The fourth-order valence-electron chi connectivity index (χ4n) is 2.30. The number of carbonyl (C=O) groups excluding carboxylic acids is 2. The van der Waals surface area contributed by atoms with Crippen LogP contribution in [0.1, 0.15) is 19.4 Å². The summed E-state index contributed by atoms with van der Waals surface area (Å²) >= 11 is 2.21. The van der Waals surface area contributed by atoms with Gasteiger partial charge in [-0.15, -0.1) is 0 Å². The molecule has 2 amide bonds. The summed E-state index contributed by atoms with van der Waals surface area (Å²) in [5.74, 6) is 0.417. The maximum Gasteiger partial charge on any atom is 0.262 e. The van der Waals surface area contributed by atoms with Crippen molar-refractivity contribution in [3.8, 4) is 5.75 Å². The van der Waals surface area contributed by atoms with Gasteiger partial charge in [0.15, 0.2) is 6.61 Å². The Labute approximate surface area is 161 Å². The van der Waals surface area contributed by atoms with Crippen molar-refractivity contribution in [2.24, 2.45) is 0 Å². The van der Waals surface area contributed by atoms with Gasteiger partial charge in [0, 0.05) is 29.3 Å². The van der Waals surface area contributed by atoms with E-state index in [-0.39, 0.29) is 18.4 Å². The van der Waals surface area contributed by atoms with Crippen molar-refractivity contribution in [2.75, 3.05) is 18.5 Å². The van der Waals surface area contributed by atoms with E-state index in [1.165, 1.54) is 0 Å². The largest absolute Gasteiger partial charge is 0.484 e. The monoisotopic (exact) mass is 452 g/mol. The van der Waals surface area contributed by atoms with E-state index in [1.54, 1.807) is 11.8 Å². The summed E-state index contributed by atoms with van der Waals surface area (Å²) in [5, 5.41) is 2.86. The van der Waals surface area contributed by atoms with E-state index in [4.69, 9.17) is 4.74 Å². The van der Waals surface area contributed by atoms with Crippen molar-refractivity contribution in [1.82, 2.24) is 4.90 Å². The second-order valence-corrected chi connectivity index (χ2v) is 6.73. The quantitative estimate of drug-likeness (QED) is 0.653. The number of hydrogen-bond donors (Lipinski definition) is 1. The van der Waals surface area contributed by atoms with Crippen LogP contribution in [0, 0.1) is 3.57 Å². The molecule has 0 unspecified atom stereocenters. The zero-order valence-electron chi connectivity index (χ0n) is 14.3. The van der Waals surface area contributed by atoms with Crippen molar-refractivity contribution in [2.45, 2.75) is 20.4 Å². The predicted molar refractivity (Wildman–Crippen MR) is 106 cm³/mol. The SMILES string of the molecule is CCN(Cc1ccccc1NC(=O)COc1ccc(I)cc1)C(C)=O. The molecule has 1 N–H and O–H groups in total. The highest BCUT2D eigenvalue weighted by Gasteiger charge is 2.12. The number of rotatable bonds is 7. The summed E-state index contributed by atoms with van der Waals surface area (Å²) in [6.07, 6.45) is 0. The minimum atomic E-state index is -0.239. The van der Waals surface area contributed by atoms with Crippen LogP contribution < -0.4 is 10.1 Å². The first-order chi connectivity index (χ1) is 12.0. The van der Waals surface area contributed by atoms with Gasteiger partial charge in [-0.2, -0.15) is 0 Å². The van der Waals surface area contributed by atoms with Crippen LogP contribution >= 0.6 is 22.6 Å². The Hall–Kier alpha value is -2.09. The van der Waals surface area contributed by atoms with Gasteiger partial charge in [0.2, 0.25) is 5.91 Å². The van der Waals surface area contributed by atoms with Gasteiger partial charge in [0.05, 0.1) is 0 Å². The number of hydrogen-bond acceptors (Lipinski definition) is 3. The first kappa shape index (κ1) is 19.2. The number of ether oxygens (including phenoxy) is 1. The zero-order valence-corrected chi connectivity index (χ0v) is 16.4. The topological polar surface area (TPSA) is 58.6 Å². The first-order valence-corrected chi connectivity index (χ1v) is 9.09. The molecule has 5 nitrogen and oxygen atoms in total. The normalized spacial score (nSPS) is 10.2. The molecule has 2 rings (SSSR count). The number of benzene rings is 2. The molecule has 0 aliphatic carbocycles. The summed E-state index contributed by atoms with van der Waals surface area (Å²) in [6.45, 7) is 4.48. The molecule has 25 heavy (non-hydrogen) atoms. The van der Waals surface area contributed by atoms with Gasteiger partial charge in [0.25, 0.3) is 5.91 Å². The van der Waals surface area contributed by atoms with Crippen LogP contribution in [0.3, 0.4) is 0 Å². The molecule has 0 aliphatic rings. The lowest BCUT2D eigenvalue weighted by Gasteiger charge is -2.21. The van der Waals surface area contributed by atoms with Gasteiger partial charge in [-0.3, -0.25) is 9.59 Å². The minimum Gasteiger partial charge on any atom is -0.484 e. The highest BCUT2D eigenvalue weighted by molar-refractivity contribution is 14.1. The Kier molecular flexibility index (Phi) is 7.24. The van der Waals surface area contributed by atoms with Gasteiger partial charge < -0.3 is 15.0 Å². The van der Waals surface area contributed by atoms with Gasteiger partial charge in [-0.1, -0.05) is 18.2 Å². The lowest BCUT2D eigenvalue weighted by molar-refractivity contribution is -0.129. The van der Waals surface area contributed by atoms with Crippen molar-refractivity contribution in [3.63, 3.8) is 0 Å². The van der Waals surface area contributed by atoms with E-state index in [0.717, 1.165) is 9.13 Å². The Morgan fingerprint density at radius 1 is 1.12 bits per heavy atom. The average molecular weight is 452 g/mol. The van der Waals surface area contributed by atoms with E-state index >= 15 is 0 Å². The molecule has 2 aromatic rings. The summed E-state index contributed by atoms with van der Waals surface area (Å²) in [4.78, 5) is 25.5. The Morgan fingerprint density at radius 3 is 2.44 bits per heavy atom. The van der Waals surface area contributed by atoms with Crippen LogP contribution in [-0.2, 0) is 16.1 Å². The Balaban J connectivity index is 1.98. The van der Waals surface area contributed by atoms with E-state index < -0.39 is 0 Å². The average Bonchev–Trinajstić information content (AvgIpc) is 2.60. The van der Waals surface area contributed by atoms with Crippen molar-refractivity contribution in [3.05, 3.63) is 57.7 Å². The standard InChI is InChI=1S/C19H21IN2O3/c1-3-22(14(2)23)12-15-6-4-5-7-18(15)21-19(24)13-25-17-10-8-16(20)9-11-17/h4-11H,3,12-13H2,1-2H3,(H,21,24). The number of amides is 2. The molecule has 0 bridgehead atoms. The predicted octanol–water partition coefficient (Wildman–Crippen LogP) is 3.68. The summed E-state index contributed by atoms with van der Waals surface area (Å²) in [5.41, 5.74) is 1.58.